The Morgan fingerprint density at radius 3 is 2.81 bits per heavy atom. The van der Waals surface area contributed by atoms with Gasteiger partial charge in [-0.15, -0.1) is 24.8 Å². The van der Waals surface area contributed by atoms with Crippen molar-refractivity contribution >= 4 is 42.1 Å². The lowest BCUT2D eigenvalue weighted by molar-refractivity contribution is -0.129. The van der Waals surface area contributed by atoms with Crippen molar-refractivity contribution in [2.75, 3.05) is 39.3 Å². The van der Waals surface area contributed by atoms with Gasteiger partial charge in [-0.05, 0) is 24.8 Å². The van der Waals surface area contributed by atoms with Gasteiger partial charge >= 0.3 is 0 Å². The first-order chi connectivity index (χ1) is 12.2. The van der Waals surface area contributed by atoms with E-state index in [0.29, 0.717) is 18.4 Å². The molecule has 1 N–H and O–H groups in total. The maximum atomic E-state index is 12.7. The van der Waals surface area contributed by atoms with E-state index in [0.717, 1.165) is 62.7 Å². The first kappa shape index (κ1) is 22.2. The lowest BCUT2D eigenvalue weighted by Crippen LogP contribution is -2.49. The molecule has 4 heterocycles. The van der Waals surface area contributed by atoms with Gasteiger partial charge in [0.2, 0.25) is 11.8 Å². The van der Waals surface area contributed by atoms with E-state index >= 15 is 0 Å². The molecule has 27 heavy (non-hydrogen) atoms. The monoisotopic (exact) mass is 432 g/mol. The molecule has 2 aliphatic heterocycles. The van der Waals surface area contributed by atoms with Gasteiger partial charge in [0.15, 0.2) is 0 Å². The molecule has 4 rings (SSSR count). The van der Waals surface area contributed by atoms with Gasteiger partial charge < -0.3 is 14.6 Å². The summed E-state index contributed by atoms with van der Waals surface area (Å²) >= 11 is 1.61. The van der Waals surface area contributed by atoms with Crippen LogP contribution in [0.1, 0.15) is 17.9 Å². The Labute approximate surface area is 176 Å². The molecule has 1 atom stereocenters. The van der Waals surface area contributed by atoms with E-state index in [2.05, 4.69) is 15.2 Å². The SMILES string of the molecule is Cc1oc(-c2ccsc2)nc1CC(=O)N1CCC(N2CCNCC2)C1.Cl.Cl. The number of oxazole rings is 1. The summed E-state index contributed by atoms with van der Waals surface area (Å²) in [4.78, 5) is 21.8. The molecule has 2 saturated heterocycles. The van der Waals surface area contributed by atoms with Crippen molar-refractivity contribution in [3.8, 4) is 11.5 Å². The molecule has 2 aliphatic rings. The van der Waals surface area contributed by atoms with Crippen molar-refractivity contribution < 1.29 is 9.21 Å². The number of carbonyl (C=O) groups is 1. The van der Waals surface area contributed by atoms with E-state index < -0.39 is 0 Å². The smallest absolute Gasteiger partial charge is 0.228 e. The normalized spacial score (nSPS) is 20.2. The fraction of sp³-hybridized carbons (Fsp3) is 0.556. The van der Waals surface area contributed by atoms with Gasteiger partial charge in [0.05, 0.1) is 12.1 Å². The molecule has 150 valence electrons. The number of halogens is 2. The zero-order valence-corrected chi connectivity index (χ0v) is 17.8. The van der Waals surface area contributed by atoms with E-state index in [1.54, 1.807) is 11.3 Å². The first-order valence-electron chi connectivity index (χ1n) is 8.92. The van der Waals surface area contributed by atoms with Crippen molar-refractivity contribution in [2.24, 2.45) is 0 Å². The molecule has 0 radical (unpaired) electrons. The minimum Gasteiger partial charge on any atom is -0.441 e. The van der Waals surface area contributed by atoms with Crippen LogP contribution in [0.25, 0.3) is 11.5 Å². The molecular formula is C18H26Cl2N4O2S. The summed E-state index contributed by atoms with van der Waals surface area (Å²) in [7, 11) is 0. The van der Waals surface area contributed by atoms with E-state index in [4.69, 9.17) is 4.42 Å². The highest BCUT2D eigenvalue weighted by atomic mass is 35.5. The second-order valence-corrected chi connectivity index (χ2v) is 7.56. The highest BCUT2D eigenvalue weighted by molar-refractivity contribution is 7.08. The molecular weight excluding hydrogens is 407 g/mol. The van der Waals surface area contributed by atoms with Crippen LogP contribution in [0.4, 0.5) is 0 Å². The molecule has 0 saturated carbocycles. The standard InChI is InChI=1S/C18H24N4O2S.2ClH/c1-13-16(20-18(24-13)14-3-9-25-12-14)10-17(23)22-6-2-15(11-22)21-7-4-19-5-8-21;;/h3,9,12,15,19H,2,4-8,10-11H2,1H3;2*1H. The molecule has 9 heteroatoms. The summed E-state index contributed by atoms with van der Waals surface area (Å²) in [5, 5.41) is 7.39. The Hall–Kier alpha value is -1.12. The third-order valence-corrected chi connectivity index (χ3v) is 5.85. The van der Waals surface area contributed by atoms with Crippen LogP contribution in [0.2, 0.25) is 0 Å². The second kappa shape index (κ2) is 9.89. The zero-order valence-electron chi connectivity index (χ0n) is 15.3. The van der Waals surface area contributed by atoms with Crippen molar-refractivity contribution in [1.82, 2.24) is 20.1 Å². The van der Waals surface area contributed by atoms with Crippen molar-refractivity contribution in [3.63, 3.8) is 0 Å². The Kier molecular flexibility index (Phi) is 8.12. The molecule has 0 spiro atoms. The minimum absolute atomic E-state index is 0. The van der Waals surface area contributed by atoms with Gasteiger partial charge in [0, 0.05) is 56.3 Å². The van der Waals surface area contributed by atoms with Crippen LogP contribution in [0, 0.1) is 6.92 Å². The number of hydrogen-bond acceptors (Lipinski definition) is 6. The molecule has 0 bridgehead atoms. The second-order valence-electron chi connectivity index (χ2n) is 6.78. The predicted octanol–water partition coefficient (Wildman–Crippen LogP) is 2.60. The van der Waals surface area contributed by atoms with Gasteiger partial charge in [-0.3, -0.25) is 9.69 Å². The van der Waals surface area contributed by atoms with Gasteiger partial charge in [-0.1, -0.05) is 0 Å². The highest BCUT2D eigenvalue weighted by Gasteiger charge is 2.31. The fourth-order valence-corrected chi connectivity index (χ4v) is 4.30. The third-order valence-electron chi connectivity index (χ3n) is 5.16. The maximum Gasteiger partial charge on any atom is 0.228 e. The third kappa shape index (κ3) is 5.03. The molecule has 2 aromatic rings. The minimum atomic E-state index is 0. The summed E-state index contributed by atoms with van der Waals surface area (Å²) in [6, 6.07) is 2.49. The quantitative estimate of drug-likeness (QED) is 0.804. The summed E-state index contributed by atoms with van der Waals surface area (Å²) in [5.41, 5.74) is 1.74. The lowest BCUT2D eigenvalue weighted by atomic mass is 10.2. The van der Waals surface area contributed by atoms with E-state index in [9.17, 15) is 4.79 Å². The van der Waals surface area contributed by atoms with Gasteiger partial charge in [-0.2, -0.15) is 11.3 Å². The Morgan fingerprint density at radius 1 is 1.33 bits per heavy atom. The lowest BCUT2D eigenvalue weighted by Gasteiger charge is -2.32. The van der Waals surface area contributed by atoms with Gasteiger partial charge in [0.1, 0.15) is 5.76 Å². The number of amides is 1. The predicted molar refractivity (Wildman–Crippen MR) is 112 cm³/mol. The molecule has 0 aromatic carbocycles. The van der Waals surface area contributed by atoms with Gasteiger partial charge in [0.25, 0.3) is 0 Å². The Balaban J connectivity index is 0.00000131. The number of hydrogen-bond donors (Lipinski definition) is 1. The number of piperazine rings is 1. The van der Waals surface area contributed by atoms with Crippen LogP contribution in [-0.4, -0.2) is 66.0 Å². The number of aryl methyl sites for hydroxylation is 1. The number of rotatable bonds is 4. The molecule has 6 nitrogen and oxygen atoms in total. The van der Waals surface area contributed by atoms with Crippen molar-refractivity contribution in [3.05, 3.63) is 28.3 Å². The molecule has 2 fully saturated rings. The van der Waals surface area contributed by atoms with Crippen LogP contribution >= 0.6 is 36.2 Å². The summed E-state index contributed by atoms with van der Waals surface area (Å²) in [5.74, 6) is 1.51. The molecule has 1 amide bonds. The number of nitrogens with one attached hydrogen (secondary N) is 1. The summed E-state index contributed by atoms with van der Waals surface area (Å²) < 4.78 is 5.75. The van der Waals surface area contributed by atoms with Crippen LogP contribution in [-0.2, 0) is 11.2 Å². The van der Waals surface area contributed by atoms with Crippen LogP contribution in [0.3, 0.4) is 0 Å². The van der Waals surface area contributed by atoms with Crippen molar-refractivity contribution in [1.29, 1.82) is 0 Å². The topological polar surface area (TPSA) is 61.6 Å². The Bertz CT molecular complexity index is 732. The van der Waals surface area contributed by atoms with Crippen LogP contribution in [0.15, 0.2) is 21.2 Å². The molecule has 1 unspecified atom stereocenters. The largest absolute Gasteiger partial charge is 0.441 e. The summed E-state index contributed by atoms with van der Waals surface area (Å²) in [6.45, 7) is 7.84. The maximum absolute atomic E-state index is 12.7. The number of carbonyl (C=O) groups excluding carboxylic acids is 1. The van der Waals surface area contributed by atoms with Crippen LogP contribution < -0.4 is 5.32 Å². The van der Waals surface area contributed by atoms with Crippen LogP contribution in [0.5, 0.6) is 0 Å². The zero-order chi connectivity index (χ0) is 17.2. The average Bonchev–Trinajstić information content (AvgIpc) is 3.37. The van der Waals surface area contributed by atoms with Crippen molar-refractivity contribution in [2.45, 2.75) is 25.8 Å². The first-order valence-corrected chi connectivity index (χ1v) is 9.86. The van der Waals surface area contributed by atoms with E-state index in [1.807, 2.05) is 28.7 Å². The number of aromatic nitrogens is 1. The summed E-state index contributed by atoms with van der Waals surface area (Å²) in [6.07, 6.45) is 1.40. The molecule has 2 aromatic heterocycles. The average molecular weight is 433 g/mol. The number of nitrogens with zero attached hydrogens (tertiary/aromatic N) is 3. The fourth-order valence-electron chi connectivity index (χ4n) is 3.67. The highest BCUT2D eigenvalue weighted by Crippen LogP contribution is 2.25. The van der Waals surface area contributed by atoms with E-state index in [1.165, 1.54) is 0 Å². The molecule has 0 aliphatic carbocycles. The number of likely N-dealkylation sites (tertiary alicyclic amines) is 1. The van der Waals surface area contributed by atoms with Gasteiger partial charge in [-0.25, -0.2) is 4.98 Å². The Morgan fingerprint density at radius 2 is 2.11 bits per heavy atom. The number of thiophene rings is 1. The van der Waals surface area contributed by atoms with E-state index in [-0.39, 0.29) is 30.7 Å².